The lowest BCUT2D eigenvalue weighted by Gasteiger charge is -2.14. The Morgan fingerprint density at radius 2 is 1.62 bits per heavy atom. The molecule has 1 aromatic heterocycles. The van der Waals surface area contributed by atoms with E-state index in [-0.39, 0.29) is 17.9 Å². The number of fused-ring (bicyclic) bond motifs is 1. The van der Waals surface area contributed by atoms with E-state index in [1.165, 1.54) is 4.57 Å². The van der Waals surface area contributed by atoms with Crippen molar-refractivity contribution >= 4 is 34.7 Å². The van der Waals surface area contributed by atoms with Crippen LogP contribution in [0.1, 0.15) is 6.92 Å². The van der Waals surface area contributed by atoms with Crippen molar-refractivity contribution in [2.24, 2.45) is 0 Å². The molecule has 0 aliphatic rings. The van der Waals surface area contributed by atoms with E-state index in [1.54, 1.807) is 55.5 Å². The highest BCUT2D eigenvalue weighted by atomic mass is 32.2. The maximum atomic E-state index is 13.3. The fourth-order valence-corrected chi connectivity index (χ4v) is 3.98. The summed E-state index contributed by atoms with van der Waals surface area (Å²) in [6, 6.07) is 23.4. The van der Waals surface area contributed by atoms with E-state index in [0.29, 0.717) is 33.2 Å². The summed E-state index contributed by atoms with van der Waals surface area (Å²) in [5, 5.41) is 2.91. The second-order valence-electron chi connectivity index (χ2n) is 7.02. The van der Waals surface area contributed by atoms with E-state index >= 15 is 0 Å². The van der Waals surface area contributed by atoms with Crippen LogP contribution in [-0.4, -0.2) is 33.9 Å². The maximum absolute atomic E-state index is 13.3. The number of hydrogen-bond acceptors (Lipinski definition) is 7. The molecule has 8 nitrogen and oxygen atoms in total. The molecule has 0 spiro atoms. The summed E-state index contributed by atoms with van der Waals surface area (Å²) in [4.78, 5) is 41.6. The molecule has 0 atom stereocenters. The van der Waals surface area contributed by atoms with Gasteiger partial charge in [0.25, 0.3) is 5.56 Å². The van der Waals surface area contributed by atoms with Crippen LogP contribution in [0.3, 0.4) is 0 Å². The molecule has 172 valence electrons. The third-order valence-electron chi connectivity index (χ3n) is 4.67. The lowest BCUT2D eigenvalue weighted by Crippen LogP contribution is -2.32. The molecular weight excluding hydrogens is 454 g/mol. The van der Waals surface area contributed by atoms with Gasteiger partial charge in [-0.05, 0) is 55.5 Å². The monoisotopic (exact) mass is 475 g/mol. The smallest absolute Gasteiger partial charge is 0.413 e. The second kappa shape index (κ2) is 10.7. The van der Waals surface area contributed by atoms with Crippen LogP contribution >= 0.6 is 11.8 Å². The minimum atomic E-state index is -0.814. The molecule has 0 saturated carbocycles. The van der Waals surface area contributed by atoms with Crippen LogP contribution in [0.2, 0.25) is 0 Å². The number of ether oxygens (including phenoxy) is 2. The number of alkyl carbamates (subject to hydrolysis) is 1. The summed E-state index contributed by atoms with van der Waals surface area (Å²) in [7, 11) is 0. The van der Waals surface area contributed by atoms with Crippen LogP contribution in [0.4, 0.5) is 4.79 Å². The molecule has 0 aliphatic carbocycles. The van der Waals surface area contributed by atoms with Crippen LogP contribution in [0.25, 0.3) is 16.6 Å². The molecule has 1 heterocycles. The molecule has 34 heavy (non-hydrogen) atoms. The lowest BCUT2D eigenvalue weighted by atomic mass is 10.2. The largest absolute Gasteiger partial charge is 0.457 e. The summed E-state index contributed by atoms with van der Waals surface area (Å²) >= 11 is 1.05. The van der Waals surface area contributed by atoms with E-state index in [1.807, 2.05) is 30.3 Å². The molecule has 3 aromatic carbocycles. The van der Waals surface area contributed by atoms with Crippen molar-refractivity contribution in [3.05, 3.63) is 89.2 Å². The number of hydrogen-bond donors (Lipinski definition) is 1. The summed E-state index contributed by atoms with van der Waals surface area (Å²) < 4.78 is 12.0. The fourth-order valence-electron chi connectivity index (χ4n) is 3.17. The number of benzene rings is 3. The van der Waals surface area contributed by atoms with Crippen molar-refractivity contribution in [1.82, 2.24) is 14.9 Å². The van der Waals surface area contributed by atoms with Crippen LogP contribution in [0, 0.1) is 0 Å². The molecule has 9 heteroatoms. The minimum absolute atomic E-state index is 0.126. The average Bonchev–Trinajstić information content (AvgIpc) is 2.84. The first kappa shape index (κ1) is 23.1. The van der Waals surface area contributed by atoms with Crippen molar-refractivity contribution in [3.63, 3.8) is 0 Å². The Labute approximate surface area is 199 Å². The van der Waals surface area contributed by atoms with Gasteiger partial charge in [0.1, 0.15) is 11.5 Å². The summed E-state index contributed by atoms with van der Waals surface area (Å²) in [5.74, 6) is 0.631. The van der Waals surface area contributed by atoms with Gasteiger partial charge in [-0.2, -0.15) is 0 Å². The third kappa shape index (κ3) is 5.44. The Bertz CT molecular complexity index is 1370. The van der Waals surface area contributed by atoms with Crippen molar-refractivity contribution in [2.75, 3.05) is 12.4 Å². The quantitative estimate of drug-likeness (QED) is 0.309. The zero-order chi connectivity index (χ0) is 23.9. The third-order valence-corrected chi connectivity index (χ3v) is 5.61. The SMILES string of the molecule is CCOC(=O)NC(=O)CSc1nc2ccccc2c(=O)n1-c1ccc(Oc2ccccc2)cc1. The van der Waals surface area contributed by atoms with E-state index in [0.717, 1.165) is 11.8 Å². The van der Waals surface area contributed by atoms with Crippen LogP contribution in [-0.2, 0) is 9.53 Å². The van der Waals surface area contributed by atoms with E-state index < -0.39 is 12.0 Å². The highest BCUT2D eigenvalue weighted by molar-refractivity contribution is 7.99. The number of imide groups is 1. The zero-order valence-electron chi connectivity index (χ0n) is 18.3. The normalized spacial score (nSPS) is 10.6. The molecule has 4 aromatic rings. The maximum Gasteiger partial charge on any atom is 0.413 e. The number of aromatic nitrogens is 2. The van der Waals surface area contributed by atoms with Gasteiger partial charge in [0.05, 0.1) is 29.0 Å². The Kier molecular flexibility index (Phi) is 7.24. The van der Waals surface area contributed by atoms with Crippen LogP contribution in [0.15, 0.2) is 88.8 Å². The molecule has 1 N–H and O–H groups in total. The van der Waals surface area contributed by atoms with Gasteiger partial charge in [0.15, 0.2) is 5.16 Å². The van der Waals surface area contributed by atoms with Gasteiger partial charge in [0.2, 0.25) is 5.91 Å². The molecule has 0 fully saturated rings. The number of para-hydroxylation sites is 2. The lowest BCUT2D eigenvalue weighted by molar-refractivity contribution is -0.117. The van der Waals surface area contributed by atoms with Gasteiger partial charge >= 0.3 is 6.09 Å². The van der Waals surface area contributed by atoms with Gasteiger partial charge in [-0.3, -0.25) is 19.5 Å². The van der Waals surface area contributed by atoms with Crippen molar-refractivity contribution in [3.8, 4) is 17.2 Å². The number of nitrogens with zero attached hydrogens (tertiary/aromatic N) is 2. The second-order valence-corrected chi connectivity index (χ2v) is 7.96. The number of carbonyl (C=O) groups excluding carboxylic acids is 2. The molecule has 0 radical (unpaired) electrons. The first-order valence-corrected chi connectivity index (χ1v) is 11.5. The van der Waals surface area contributed by atoms with Crippen LogP contribution in [0.5, 0.6) is 11.5 Å². The molecule has 0 saturated heterocycles. The van der Waals surface area contributed by atoms with Crippen LogP contribution < -0.4 is 15.6 Å². The number of carbonyl (C=O) groups is 2. The van der Waals surface area contributed by atoms with Crippen molar-refractivity contribution < 1.29 is 19.1 Å². The predicted octanol–water partition coefficient (Wildman–Crippen LogP) is 4.54. The molecule has 2 amide bonds. The van der Waals surface area contributed by atoms with Gasteiger partial charge < -0.3 is 9.47 Å². The summed E-state index contributed by atoms with van der Waals surface area (Å²) in [5.41, 5.74) is 0.814. The topological polar surface area (TPSA) is 99.5 Å². The van der Waals surface area contributed by atoms with Gasteiger partial charge in [-0.15, -0.1) is 0 Å². The van der Waals surface area contributed by atoms with Crippen molar-refractivity contribution in [2.45, 2.75) is 12.1 Å². The Hall–Kier alpha value is -4.11. The summed E-state index contributed by atoms with van der Waals surface area (Å²) in [6.45, 7) is 1.80. The van der Waals surface area contributed by atoms with Gasteiger partial charge in [-0.25, -0.2) is 9.78 Å². The standard InChI is InChI=1S/C25H21N3O5S/c1-2-32-25(31)27-22(29)16-34-24-26-21-11-7-6-10-20(21)23(30)28(24)17-12-14-19(15-13-17)33-18-8-4-3-5-9-18/h3-15H,2,16H2,1H3,(H,27,29,31). The molecule has 4 rings (SSSR count). The molecule has 0 aliphatic heterocycles. The number of rotatable bonds is 7. The fraction of sp³-hybridized carbons (Fsp3) is 0.120. The van der Waals surface area contributed by atoms with Crippen molar-refractivity contribution in [1.29, 1.82) is 0 Å². The molecule has 0 unspecified atom stereocenters. The summed E-state index contributed by atoms with van der Waals surface area (Å²) in [6.07, 6.45) is -0.814. The average molecular weight is 476 g/mol. The van der Waals surface area contributed by atoms with Gasteiger partial charge in [-0.1, -0.05) is 42.1 Å². The Morgan fingerprint density at radius 3 is 2.35 bits per heavy atom. The predicted molar refractivity (Wildman–Crippen MR) is 130 cm³/mol. The minimum Gasteiger partial charge on any atom is -0.457 e. The number of nitrogens with one attached hydrogen (secondary N) is 1. The Balaban J connectivity index is 1.64. The zero-order valence-corrected chi connectivity index (χ0v) is 19.1. The van der Waals surface area contributed by atoms with E-state index in [2.05, 4.69) is 10.3 Å². The molecule has 0 bridgehead atoms. The highest BCUT2D eigenvalue weighted by Gasteiger charge is 2.16. The van der Waals surface area contributed by atoms with Gasteiger partial charge in [0, 0.05) is 0 Å². The van der Waals surface area contributed by atoms with E-state index in [4.69, 9.17) is 9.47 Å². The Morgan fingerprint density at radius 1 is 0.941 bits per heavy atom. The molecular formula is C25H21N3O5S. The van der Waals surface area contributed by atoms with E-state index in [9.17, 15) is 14.4 Å². The number of thioether (sulfide) groups is 1. The first-order valence-electron chi connectivity index (χ1n) is 10.5. The highest BCUT2D eigenvalue weighted by Crippen LogP contribution is 2.25. The number of amides is 2. The first-order chi connectivity index (χ1) is 16.5.